The van der Waals surface area contributed by atoms with E-state index in [1.54, 1.807) is 6.20 Å². The first-order valence-electron chi connectivity index (χ1n) is 5.94. The number of aromatic nitrogens is 3. The van der Waals surface area contributed by atoms with Gasteiger partial charge in [0.05, 0.1) is 18.9 Å². The number of anilines is 1. The van der Waals surface area contributed by atoms with E-state index in [4.69, 9.17) is 0 Å². The Morgan fingerprint density at radius 1 is 1.37 bits per heavy atom. The Morgan fingerprint density at radius 2 is 2.21 bits per heavy atom. The van der Waals surface area contributed by atoms with Crippen LogP contribution < -0.4 is 10.6 Å². The fraction of sp³-hybridized carbons (Fsp3) is 0.333. The molecule has 2 heterocycles. The van der Waals surface area contributed by atoms with E-state index in [2.05, 4.69) is 25.6 Å². The van der Waals surface area contributed by atoms with Crippen LogP contribution in [0.4, 0.5) is 5.82 Å². The number of aryl methyl sites for hydroxylation is 1. The van der Waals surface area contributed by atoms with Crippen molar-refractivity contribution in [2.75, 3.05) is 11.9 Å². The molecule has 0 fully saturated rings. The molecule has 2 rings (SSSR count). The van der Waals surface area contributed by atoms with Crippen molar-refractivity contribution in [1.29, 1.82) is 0 Å². The SMILES string of the molecule is CCNc1cncc(C(=O)NCc2nc(C)cs2)n1. The Morgan fingerprint density at radius 3 is 2.89 bits per heavy atom. The average molecular weight is 277 g/mol. The van der Waals surface area contributed by atoms with Gasteiger partial charge in [0.25, 0.3) is 5.91 Å². The summed E-state index contributed by atoms with van der Waals surface area (Å²) in [6.45, 7) is 5.02. The van der Waals surface area contributed by atoms with Crippen LogP contribution in [0.2, 0.25) is 0 Å². The molecule has 6 nitrogen and oxygen atoms in total. The van der Waals surface area contributed by atoms with Crippen LogP contribution in [0.3, 0.4) is 0 Å². The Kier molecular flexibility index (Phi) is 4.40. The van der Waals surface area contributed by atoms with E-state index < -0.39 is 0 Å². The second kappa shape index (κ2) is 6.24. The maximum atomic E-state index is 11.9. The summed E-state index contributed by atoms with van der Waals surface area (Å²) in [5.41, 5.74) is 1.26. The molecule has 100 valence electrons. The van der Waals surface area contributed by atoms with E-state index in [-0.39, 0.29) is 5.91 Å². The lowest BCUT2D eigenvalue weighted by atomic mass is 10.4. The number of hydrogen-bond acceptors (Lipinski definition) is 6. The molecule has 0 saturated carbocycles. The number of rotatable bonds is 5. The molecule has 0 saturated heterocycles. The minimum atomic E-state index is -0.250. The summed E-state index contributed by atoms with van der Waals surface area (Å²) in [6.07, 6.45) is 3.04. The summed E-state index contributed by atoms with van der Waals surface area (Å²) in [4.78, 5) is 24.4. The van der Waals surface area contributed by atoms with Gasteiger partial charge in [0.1, 0.15) is 16.5 Å². The van der Waals surface area contributed by atoms with Crippen molar-refractivity contribution in [3.8, 4) is 0 Å². The fourth-order valence-corrected chi connectivity index (χ4v) is 2.18. The monoisotopic (exact) mass is 277 g/mol. The number of nitrogens with one attached hydrogen (secondary N) is 2. The topological polar surface area (TPSA) is 79.8 Å². The Balaban J connectivity index is 1.97. The van der Waals surface area contributed by atoms with Crippen molar-refractivity contribution < 1.29 is 4.79 Å². The van der Waals surface area contributed by atoms with Gasteiger partial charge in [-0.15, -0.1) is 11.3 Å². The van der Waals surface area contributed by atoms with E-state index >= 15 is 0 Å². The van der Waals surface area contributed by atoms with E-state index in [9.17, 15) is 4.79 Å². The molecule has 1 amide bonds. The fourth-order valence-electron chi connectivity index (χ4n) is 1.47. The van der Waals surface area contributed by atoms with Gasteiger partial charge in [-0.1, -0.05) is 0 Å². The maximum absolute atomic E-state index is 11.9. The average Bonchev–Trinajstić information content (AvgIpc) is 2.82. The van der Waals surface area contributed by atoms with Crippen molar-refractivity contribution in [3.63, 3.8) is 0 Å². The van der Waals surface area contributed by atoms with Gasteiger partial charge in [0.2, 0.25) is 0 Å². The van der Waals surface area contributed by atoms with Crippen molar-refractivity contribution in [3.05, 3.63) is 34.2 Å². The summed E-state index contributed by atoms with van der Waals surface area (Å²) in [6, 6.07) is 0. The number of hydrogen-bond donors (Lipinski definition) is 2. The Labute approximate surface area is 115 Å². The summed E-state index contributed by atoms with van der Waals surface area (Å²) in [5.74, 6) is 0.348. The third-order valence-corrected chi connectivity index (χ3v) is 3.26. The third kappa shape index (κ3) is 3.72. The van der Waals surface area contributed by atoms with E-state index in [0.29, 0.717) is 18.1 Å². The molecule has 0 spiro atoms. The second-order valence-electron chi connectivity index (χ2n) is 3.89. The summed E-state index contributed by atoms with van der Waals surface area (Å²) < 4.78 is 0. The number of nitrogens with zero attached hydrogens (tertiary/aromatic N) is 3. The highest BCUT2D eigenvalue weighted by Crippen LogP contribution is 2.08. The van der Waals surface area contributed by atoms with Crippen molar-refractivity contribution in [2.24, 2.45) is 0 Å². The van der Waals surface area contributed by atoms with E-state index in [0.717, 1.165) is 17.2 Å². The summed E-state index contributed by atoms with van der Waals surface area (Å²) in [5, 5.41) is 8.62. The molecule has 19 heavy (non-hydrogen) atoms. The third-order valence-electron chi connectivity index (χ3n) is 2.29. The number of carbonyl (C=O) groups excluding carboxylic acids is 1. The zero-order valence-corrected chi connectivity index (χ0v) is 11.6. The minimum absolute atomic E-state index is 0.250. The van der Waals surface area contributed by atoms with Gasteiger partial charge in [-0.2, -0.15) is 0 Å². The molecule has 0 atom stereocenters. The van der Waals surface area contributed by atoms with Crippen LogP contribution in [0.15, 0.2) is 17.8 Å². The molecule has 0 aliphatic carbocycles. The van der Waals surface area contributed by atoms with Gasteiger partial charge >= 0.3 is 0 Å². The zero-order chi connectivity index (χ0) is 13.7. The molecular formula is C12H15N5OS. The highest BCUT2D eigenvalue weighted by molar-refractivity contribution is 7.09. The second-order valence-corrected chi connectivity index (χ2v) is 4.83. The first-order valence-corrected chi connectivity index (χ1v) is 6.82. The van der Waals surface area contributed by atoms with Gasteiger partial charge < -0.3 is 10.6 Å². The van der Waals surface area contributed by atoms with Crippen LogP contribution in [-0.4, -0.2) is 27.4 Å². The lowest BCUT2D eigenvalue weighted by molar-refractivity contribution is 0.0945. The van der Waals surface area contributed by atoms with Gasteiger partial charge in [-0.25, -0.2) is 9.97 Å². The molecule has 2 aromatic rings. The van der Waals surface area contributed by atoms with Gasteiger partial charge in [0.15, 0.2) is 0 Å². The van der Waals surface area contributed by atoms with E-state index in [1.807, 2.05) is 19.2 Å². The van der Waals surface area contributed by atoms with Gasteiger partial charge in [-0.3, -0.25) is 9.78 Å². The molecular weight excluding hydrogens is 262 g/mol. The van der Waals surface area contributed by atoms with Crippen molar-refractivity contribution in [1.82, 2.24) is 20.3 Å². The molecule has 2 N–H and O–H groups in total. The van der Waals surface area contributed by atoms with Crippen LogP contribution >= 0.6 is 11.3 Å². The van der Waals surface area contributed by atoms with Crippen LogP contribution in [0, 0.1) is 6.92 Å². The van der Waals surface area contributed by atoms with Crippen molar-refractivity contribution >= 4 is 23.1 Å². The molecule has 0 aliphatic heterocycles. The smallest absolute Gasteiger partial charge is 0.271 e. The molecule has 2 aromatic heterocycles. The Hall–Kier alpha value is -2.02. The highest BCUT2D eigenvalue weighted by Gasteiger charge is 2.09. The van der Waals surface area contributed by atoms with Crippen LogP contribution in [-0.2, 0) is 6.54 Å². The standard InChI is InChI=1S/C12H15N5OS/c1-3-14-10-5-13-4-9(17-10)12(18)15-6-11-16-8(2)7-19-11/h4-5,7H,3,6H2,1-2H3,(H,14,17)(H,15,18). The van der Waals surface area contributed by atoms with Gasteiger partial charge in [-0.05, 0) is 13.8 Å². The maximum Gasteiger partial charge on any atom is 0.271 e. The molecule has 0 unspecified atom stereocenters. The first kappa shape index (κ1) is 13.4. The first-order chi connectivity index (χ1) is 9.19. The normalized spacial score (nSPS) is 10.2. The Bertz CT molecular complexity index is 569. The predicted molar refractivity (Wildman–Crippen MR) is 74.2 cm³/mol. The number of thiazole rings is 1. The predicted octanol–water partition coefficient (Wildman–Crippen LogP) is 1.60. The summed E-state index contributed by atoms with van der Waals surface area (Å²) in [7, 11) is 0. The zero-order valence-electron chi connectivity index (χ0n) is 10.8. The van der Waals surface area contributed by atoms with Gasteiger partial charge in [0, 0.05) is 17.6 Å². The lowest BCUT2D eigenvalue weighted by Crippen LogP contribution is -2.24. The molecule has 0 aliphatic rings. The molecule has 7 heteroatoms. The molecule has 0 radical (unpaired) electrons. The van der Waals surface area contributed by atoms with Crippen LogP contribution in [0.1, 0.15) is 28.1 Å². The number of carbonyl (C=O) groups is 1. The summed E-state index contributed by atoms with van der Waals surface area (Å²) >= 11 is 1.52. The minimum Gasteiger partial charge on any atom is -0.369 e. The van der Waals surface area contributed by atoms with E-state index in [1.165, 1.54) is 17.5 Å². The largest absolute Gasteiger partial charge is 0.369 e. The van der Waals surface area contributed by atoms with Crippen LogP contribution in [0.5, 0.6) is 0 Å². The quantitative estimate of drug-likeness (QED) is 0.868. The van der Waals surface area contributed by atoms with Crippen molar-refractivity contribution in [2.45, 2.75) is 20.4 Å². The lowest BCUT2D eigenvalue weighted by Gasteiger charge is -2.05. The highest BCUT2D eigenvalue weighted by atomic mass is 32.1. The van der Waals surface area contributed by atoms with Crippen LogP contribution in [0.25, 0.3) is 0 Å². The molecule has 0 bridgehead atoms. The number of amides is 1. The molecule has 0 aromatic carbocycles.